The van der Waals surface area contributed by atoms with E-state index in [1.807, 2.05) is 13.8 Å². The summed E-state index contributed by atoms with van der Waals surface area (Å²) in [5.74, 6) is 1.14. The summed E-state index contributed by atoms with van der Waals surface area (Å²) in [7, 11) is 0. The van der Waals surface area contributed by atoms with Crippen LogP contribution in [0.4, 0.5) is 0 Å². The lowest BCUT2D eigenvalue weighted by atomic mass is 9.76. The largest absolute Gasteiger partial charge is 0.390 e. The van der Waals surface area contributed by atoms with E-state index in [1.54, 1.807) is 0 Å². The lowest BCUT2D eigenvalue weighted by Crippen LogP contribution is -2.40. The van der Waals surface area contributed by atoms with E-state index >= 15 is 0 Å². The summed E-state index contributed by atoms with van der Waals surface area (Å²) in [6, 6.07) is 0. The molecule has 0 heterocycles. The van der Waals surface area contributed by atoms with Gasteiger partial charge in [0.15, 0.2) is 0 Å². The summed E-state index contributed by atoms with van der Waals surface area (Å²) in [6.45, 7) is 10.4. The molecule has 1 aliphatic rings. The molecule has 1 fully saturated rings. The molecule has 0 unspecified atom stereocenters. The summed E-state index contributed by atoms with van der Waals surface area (Å²) in [5.41, 5.74) is -1.21. The van der Waals surface area contributed by atoms with Crippen molar-refractivity contribution in [2.75, 3.05) is 0 Å². The molecule has 0 bridgehead atoms. The summed E-state index contributed by atoms with van der Waals surface area (Å²) in [5, 5.41) is 20.8. The smallest absolute Gasteiger partial charge is 0.0651 e. The first-order valence-corrected chi connectivity index (χ1v) is 7.11. The van der Waals surface area contributed by atoms with Gasteiger partial charge < -0.3 is 10.2 Å². The molecule has 0 amide bonds. The normalized spacial score (nSPS) is 37.4. The van der Waals surface area contributed by atoms with Gasteiger partial charge in [-0.1, -0.05) is 33.6 Å². The maximum absolute atomic E-state index is 10.6. The fourth-order valence-corrected chi connectivity index (χ4v) is 3.26. The van der Waals surface area contributed by atoms with Crippen LogP contribution in [0.15, 0.2) is 0 Å². The van der Waals surface area contributed by atoms with Gasteiger partial charge in [-0.3, -0.25) is 0 Å². The minimum atomic E-state index is -0.616. The molecule has 2 N–H and O–H groups in total. The summed E-state index contributed by atoms with van der Waals surface area (Å²) >= 11 is 0. The third-order valence-corrected chi connectivity index (χ3v) is 4.81. The van der Waals surface area contributed by atoms with Crippen LogP contribution in [0.1, 0.15) is 66.7 Å². The van der Waals surface area contributed by atoms with Gasteiger partial charge in [0.25, 0.3) is 0 Å². The van der Waals surface area contributed by atoms with E-state index in [-0.39, 0.29) is 11.8 Å². The molecule has 0 aromatic carbocycles. The Hall–Kier alpha value is -0.0800. The zero-order chi connectivity index (χ0) is 13.3. The van der Waals surface area contributed by atoms with Gasteiger partial charge in [0.2, 0.25) is 0 Å². The minimum absolute atomic E-state index is 0.191. The van der Waals surface area contributed by atoms with Gasteiger partial charge in [0, 0.05) is 0 Å². The molecule has 0 saturated heterocycles. The Morgan fingerprint density at radius 1 is 1.41 bits per heavy atom. The molecule has 1 aliphatic carbocycles. The standard InChI is InChI=1S/C15H30O2/c1-11(2)7-6-9-15(5,17)13-8-10-14(4,16)12(13)3/h11-13,16-17H,6-10H2,1-5H3/t12-,13+,14+,15+/m0/s1. The maximum atomic E-state index is 10.6. The van der Waals surface area contributed by atoms with Crippen molar-refractivity contribution in [2.45, 2.75) is 77.9 Å². The Bertz CT molecular complexity index is 243. The number of hydrogen-bond donors (Lipinski definition) is 2. The molecule has 102 valence electrons. The Labute approximate surface area is 106 Å². The lowest BCUT2D eigenvalue weighted by Gasteiger charge is -2.36. The molecule has 0 aliphatic heterocycles. The predicted molar refractivity (Wildman–Crippen MR) is 71.8 cm³/mol. The van der Waals surface area contributed by atoms with Crippen molar-refractivity contribution < 1.29 is 10.2 Å². The quantitative estimate of drug-likeness (QED) is 0.776. The van der Waals surface area contributed by atoms with E-state index in [1.165, 1.54) is 6.42 Å². The van der Waals surface area contributed by atoms with E-state index in [2.05, 4.69) is 20.8 Å². The highest BCUT2D eigenvalue weighted by Crippen LogP contribution is 2.46. The summed E-state index contributed by atoms with van der Waals surface area (Å²) in [4.78, 5) is 0. The lowest BCUT2D eigenvalue weighted by molar-refractivity contribution is -0.0560. The predicted octanol–water partition coefficient (Wildman–Crippen LogP) is 3.36. The van der Waals surface area contributed by atoms with Gasteiger partial charge in [-0.2, -0.15) is 0 Å². The summed E-state index contributed by atoms with van der Waals surface area (Å²) in [6.07, 6.45) is 4.88. The van der Waals surface area contributed by atoms with Gasteiger partial charge >= 0.3 is 0 Å². The van der Waals surface area contributed by atoms with E-state index in [4.69, 9.17) is 0 Å². The maximum Gasteiger partial charge on any atom is 0.0651 e. The van der Waals surface area contributed by atoms with E-state index in [0.717, 1.165) is 25.7 Å². The van der Waals surface area contributed by atoms with Crippen molar-refractivity contribution in [3.05, 3.63) is 0 Å². The SMILES string of the molecule is CC(C)CCC[C@@](C)(O)[C@@H]1CC[C@@](C)(O)[C@H]1C. The minimum Gasteiger partial charge on any atom is -0.390 e. The molecule has 1 saturated carbocycles. The topological polar surface area (TPSA) is 40.5 Å². The van der Waals surface area contributed by atoms with Crippen molar-refractivity contribution in [1.82, 2.24) is 0 Å². The first-order valence-electron chi connectivity index (χ1n) is 7.11. The molecule has 17 heavy (non-hydrogen) atoms. The van der Waals surface area contributed by atoms with Crippen molar-refractivity contribution in [2.24, 2.45) is 17.8 Å². The van der Waals surface area contributed by atoms with Crippen LogP contribution in [-0.4, -0.2) is 21.4 Å². The van der Waals surface area contributed by atoms with Crippen LogP contribution >= 0.6 is 0 Å². The fourth-order valence-electron chi connectivity index (χ4n) is 3.26. The van der Waals surface area contributed by atoms with Crippen molar-refractivity contribution in [3.8, 4) is 0 Å². The van der Waals surface area contributed by atoms with E-state index in [0.29, 0.717) is 5.92 Å². The molecule has 0 radical (unpaired) electrons. The van der Waals surface area contributed by atoms with Crippen LogP contribution in [-0.2, 0) is 0 Å². The van der Waals surface area contributed by atoms with Crippen LogP contribution in [0.2, 0.25) is 0 Å². The van der Waals surface area contributed by atoms with Crippen molar-refractivity contribution in [3.63, 3.8) is 0 Å². The van der Waals surface area contributed by atoms with Gasteiger partial charge in [-0.05, 0) is 50.9 Å². The van der Waals surface area contributed by atoms with E-state index in [9.17, 15) is 10.2 Å². The second-order valence-electron chi connectivity index (χ2n) is 6.93. The van der Waals surface area contributed by atoms with Crippen LogP contribution in [0, 0.1) is 17.8 Å². The Morgan fingerprint density at radius 3 is 2.41 bits per heavy atom. The van der Waals surface area contributed by atoms with Gasteiger partial charge in [0.05, 0.1) is 11.2 Å². The Kier molecular flexibility index (Phi) is 4.65. The summed E-state index contributed by atoms with van der Waals surface area (Å²) < 4.78 is 0. The highest BCUT2D eigenvalue weighted by atomic mass is 16.3. The zero-order valence-corrected chi connectivity index (χ0v) is 12.2. The third kappa shape index (κ3) is 3.69. The first kappa shape index (κ1) is 15.0. The molecular formula is C15H30O2. The molecule has 4 atom stereocenters. The molecular weight excluding hydrogens is 212 g/mol. The van der Waals surface area contributed by atoms with Crippen LogP contribution in [0.5, 0.6) is 0 Å². The highest BCUT2D eigenvalue weighted by molar-refractivity contribution is 4.98. The van der Waals surface area contributed by atoms with Crippen molar-refractivity contribution in [1.29, 1.82) is 0 Å². The Balaban J connectivity index is 2.53. The molecule has 2 heteroatoms. The van der Waals surface area contributed by atoms with Gasteiger partial charge in [-0.15, -0.1) is 0 Å². The molecule has 0 spiro atoms. The number of hydrogen-bond acceptors (Lipinski definition) is 2. The average Bonchev–Trinajstić information content (AvgIpc) is 2.41. The number of rotatable bonds is 5. The highest BCUT2D eigenvalue weighted by Gasteiger charge is 2.47. The Morgan fingerprint density at radius 2 is 2.00 bits per heavy atom. The van der Waals surface area contributed by atoms with Crippen LogP contribution < -0.4 is 0 Å². The second kappa shape index (κ2) is 5.27. The number of aliphatic hydroxyl groups is 2. The zero-order valence-electron chi connectivity index (χ0n) is 12.2. The molecule has 0 aromatic heterocycles. The van der Waals surface area contributed by atoms with Crippen molar-refractivity contribution >= 4 is 0 Å². The van der Waals surface area contributed by atoms with Crippen LogP contribution in [0.3, 0.4) is 0 Å². The fraction of sp³-hybridized carbons (Fsp3) is 1.00. The average molecular weight is 242 g/mol. The monoisotopic (exact) mass is 242 g/mol. The second-order valence-corrected chi connectivity index (χ2v) is 6.93. The van der Waals surface area contributed by atoms with E-state index < -0.39 is 11.2 Å². The molecule has 1 rings (SSSR count). The van der Waals surface area contributed by atoms with Crippen LogP contribution in [0.25, 0.3) is 0 Å². The molecule has 2 nitrogen and oxygen atoms in total. The third-order valence-electron chi connectivity index (χ3n) is 4.81. The van der Waals surface area contributed by atoms with Gasteiger partial charge in [-0.25, -0.2) is 0 Å². The van der Waals surface area contributed by atoms with Gasteiger partial charge in [0.1, 0.15) is 0 Å². The first-order chi connectivity index (χ1) is 7.67. The molecule has 0 aromatic rings.